The van der Waals surface area contributed by atoms with Gasteiger partial charge in [0, 0.05) is 35.6 Å². The number of fused-ring (bicyclic) bond motifs is 2. The Hall–Kier alpha value is -2.95. The van der Waals surface area contributed by atoms with Gasteiger partial charge in [0.2, 0.25) is 0 Å². The molecule has 5 nitrogen and oxygen atoms in total. The van der Waals surface area contributed by atoms with E-state index in [2.05, 4.69) is 45.1 Å². The van der Waals surface area contributed by atoms with Crippen molar-refractivity contribution in [2.45, 2.75) is 19.3 Å². The first-order chi connectivity index (χ1) is 12.2. The third-order valence-electron chi connectivity index (χ3n) is 4.95. The van der Waals surface area contributed by atoms with Gasteiger partial charge in [-0.25, -0.2) is 9.50 Å². The number of hydrogen-bond acceptors (Lipinski definition) is 3. The van der Waals surface area contributed by atoms with E-state index < -0.39 is 0 Å². The fraction of sp³-hybridized carbons (Fsp3) is 0.250. The molecule has 1 aromatic carbocycles. The van der Waals surface area contributed by atoms with Gasteiger partial charge in [0.1, 0.15) is 5.78 Å². The van der Waals surface area contributed by atoms with Crippen molar-refractivity contribution >= 4 is 22.3 Å². The van der Waals surface area contributed by atoms with Crippen LogP contribution in [0.1, 0.15) is 18.7 Å². The fourth-order valence-corrected chi connectivity index (χ4v) is 3.39. The van der Waals surface area contributed by atoms with E-state index in [0.717, 1.165) is 29.7 Å². The molecule has 124 valence electrons. The first-order valence-corrected chi connectivity index (χ1v) is 8.62. The smallest absolute Gasteiger partial charge is 0.159 e. The second kappa shape index (κ2) is 5.28. The molecule has 0 radical (unpaired) electrons. The molecule has 3 heterocycles. The summed E-state index contributed by atoms with van der Waals surface area (Å²) >= 11 is 0. The van der Waals surface area contributed by atoms with Crippen LogP contribution in [0.3, 0.4) is 0 Å². The summed E-state index contributed by atoms with van der Waals surface area (Å²) in [6.45, 7) is 0. The van der Waals surface area contributed by atoms with Crippen molar-refractivity contribution in [1.82, 2.24) is 19.2 Å². The molecule has 0 spiro atoms. The Balaban J connectivity index is 1.59. The van der Waals surface area contributed by atoms with Crippen LogP contribution in [0.25, 0.3) is 27.8 Å². The summed E-state index contributed by atoms with van der Waals surface area (Å²) in [5.41, 5.74) is 4.06. The molecule has 1 aliphatic rings. The van der Waals surface area contributed by atoms with Crippen molar-refractivity contribution in [2.75, 3.05) is 0 Å². The summed E-state index contributed by atoms with van der Waals surface area (Å²) in [5.74, 6) is 1.12. The van der Waals surface area contributed by atoms with E-state index in [1.807, 2.05) is 29.8 Å². The maximum atomic E-state index is 12.1. The highest BCUT2D eigenvalue weighted by molar-refractivity contribution is 5.86. The predicted molar refractivity (Wildman–Crippen MR) is 96.3 cm³/mol. The van der Waals surface area contributed by atoms with Crippen LogP contribution in [-0.4, -0.2) is 24.9 Å². The van der Waals surface area contributed by atoms with Gasteiger partial charge in [-0.2, -0.15) is 5.10 Å². The highest BCUT2D eigenvalue weighted by Crippen LogP contribution is 2.31. The highest BCUT2D eigenvalue weighted by atomic mass is 16.1. The maximum absolute atomic E-state index is 12.1. The largest absolute Gasteiger partial charge is 0.351 e. The molecule has 1 saturated carbocycles. The Labute approximate surface area is 144 Å². The molecule has 1 fully saturated rings. The second-order valence-electron chi connectivity index (χ2n) is 6.83. The first-order valence-electron chi connectivity index (χ1n) is 8.62. The van der Waals surface area contributed by atoms with E-state index in [1.54, 1.807) is 0 Å². The van der Waals surface area contributed by atoms with Crippen LogP contribution in [0.5, 0.6) is 0 Å². The molecule has 0 N–H and O–H groups in total. The summed E-state index contributed by atoms with van der Waals surface area (Å²) in [6.07, 6.45) is 4.44. The molecule has 0 saturated heterocycles. The first kappa shape index (κ1) is 14.4. The van der Waals surface area contributed by atoms with Crippen molar-refractivity contribution in [3.8, 4) is 11.3 Å². The van der Waals surface area contributed by atoms with Crippen molar-refractivity contribution < 1.29 is 4.79 Å². The Morgan fingerprint density at radius 2 is 2.08 bits per heavy atom. The predicted octanol–water partition coefficient (Wildman–Crippen LogP) is 3.41. The van der Waals surface area contributed by atoms with Crippen LogP contribution >= 0.6 is 0 Å². The summed E-state index contributed by atoms with van der Waals surface area (Å²) < 4.78 is 3.95. The highest BCUT2D eigenvalue weighted by Gasteiger charge is 2.30. The minimum Gasteiger partial charge on any atom is -0.351 e. The molecule has 5 rings (SSSR count). The average Bonchev–Trinajstić information content (AvgIpc) is 3.30. The van der Waals surface area contributed by atoms with Gasteiger partial charge in [0.05, 0.1) is 12.1 Å². The lowest BCUT2D eigenvalue weighted by Crippen LogP contribution is -2.06. The normalized spacial score (nSPS) is 14.4. The third kappa shape index (κ3) is 2.43. The number of nitrogens with zero attached hydrogens (tertiary/aromatic N) is 4. The van der Waals surface area contributed by atoms with Gasteiger partial charge in [0.15, 0.2) is 11.5 Å². The number of aromatic nitrogens is 4. The molecular weight excluding hydrogens is 312 g/mol. The average molecular weight is 330 g/mol. The van der Waals surface area contributed by atoms with Crippen molar-refractivity contribution in [2.24, 2.45) is 13.0 Å². The molecular formula is C20H18N4O. The van der Waals surface area contributed by atoms with Crippen LogP contribution in [0.2, 0.25) is 0 Å². The van der Waals surface area contributed by atoms with E-state index in [9.17, 15) is 4.79 Å². The van der Waals surface area contributed by atoms with Crippen molar-refractivity contribution in [3.63, 3.8) is 0 Å². The monoisotopic (exact) mass is 330 g/mol. The van der Waals surface area contributed by atoms with Gasteiger partial charge in [-0.3, -0.25) is 4.79 Å². The lowest BCUT2D eigenvalue weighted by atomic mass is 10.1. The number of aryl methyl sites for hydroxylation is 1. The number of rotatable bonds is 4. The van der Waals surface area contributed by atoms with Crippen LogP contribution in [0, 0.1) is 5.92 Å². The lowest BCUT2D eigenvalue weighted by molar-refractivity contribution is -0.119. The number of pyridine rings is 1. The molecule has 4 aromatic rings. The Bertz CT molecular complexity index is 1120. The number of carbonyl (C=O) groups is 1. The zero-order valence-corrected chi connectivity index (χ0v) is 14.0. The topological polar surface area (TPSA) is 52.2 Å². The van der Waals surface area contributed by atoms with Gasteiger partial charge in [0.25, 0.3) is 0 Å². The molecule has 0 bridgehead atoms. The van der Waals surface area contributed by atoms with E-state index in [1.165, 1.54) is 10.9 Å². The zero-order valence-electron chi connectivity index (χ0n) is 14.0. The minimum absolute atomic E-state index is 0.242. The van der Waals surface area contributed by atoms with E-state index in [-0.39, 0.29) is 11.7 Å². The summed E-state index contributed by atoms with van der Waals surface area (Å²) in [5, 5.41) is 5.80. The van der Waals surface area contributed by atoms with Crippen LogP contribution < -0.4 is 0 Å². The molecule has 0 atom stereocenters. The molecule has 0 aliphatic heterocycles. The lowest BCUT2D eigenvalue weighted by Gasteiger charge is -2.05. The SMILES string of the molecule is Cn1ccc2cc(-c3cccc4nc(CC(=O)C5CC5)nn34)ccc21. The van der Waals surface area contributed by atoms with Gasteiger partial charge in [-0.15, -0.1) is 0 Å². The summed E-state index contributed by atoms with van der Waals surface area (Å²) in [7, 11) is 2.04. The summed E-state index contributed by atoms with van der Waals surface area (Å²) in [4.78, 5) is 16.6. The standard InChI is InChI=1S/C20H18N4O/c1-23-10-9-15-11-14(7-8-16(15)23)17-3-2-4-20-21-19(22-24(17)20)12-18(25)13-5-6-13/h2-4,7-11,13H,5-6,12H2,1H3. The quantitative estimate of drug-likeness (QED) is 0.576. The zero-order chi connectivity index (χ0) is 17.0. The molecule has 3 aromatic heterocycles. The Morgan fingerprint density at radius 1 is 1.20 bits per heavy atom. The minimum atomic E-state index is 0.242. The van der Waals surface area contributed by atoms with E-state index >= 15 is 0 Å². The summed E-state index contributed by atoms with van der Waals surface area (Å²) in [6, 6.07) is 14.5. The van der Waals surface area contributed by atoms with Crippen LogP contribution in [0.15, 0.2) is 48.7 Å². The molecule has 0 amide bonds. The molecule has 0 unspecified atom stereocenters. The van der Waals surface area contributed by atoms with Gasteiger partial charge < -0.3 is 4.57 Å². The number of benzene rings is 1. The molecule has 1 aliphatic carbocycles. The van der Waals surface area contributed by atoms with E-state index in [4.69, 9.17) is 0 Å². The maximum Gasteiger partial charge on any atom is 0.159 e. The molecule has 25 heavy (non-hydrogen) atoms. The van der Waals surface area contributed by atoms with Crippen molar-refractivity contribution in [3.05, 3.63) is 54.5 Å². The Kier molecular flexibility index (Phi) is 3.04. The number of hydrogen-bond donors (Lipinski definition) is 0. The van der Waals surface area contributed by atoms with E-state index in [0.29, 0.717) is 12.2 Å². The number of ketones is 1. The van der Waals surface area contributed by atoms with Gasteiger partial charge in [-0.1, -0.05) is 12.1 Å². The van der Waals surface area contributed by atoms with Gasteiger partial charge in [-0.05, 0) is 43.2 Å². The Morgan fingerprint density at radius 3 is 2.92 bits per heavy atom. The number of carbonyl (C=O) groups excluding carboxylic acids is 1. The number of Topliss-reactive ketones (excluding diaryl/α,β-unsaturated/α-hetero) is 1. The second-order valence-corrected chi connectivity index (χ2v) is 6.83. The van der Waals surface area contributed by atoms with Crippen LogP contribution in [-0.2, 0) is 18.3 Å². The third-order valence-corrected chi connectivity index (χ3v) is 4.95. The fourth-order valence-electron chi connectivity index (χ4n) is 3.39. The van der Waals surface area contributed by atoms with Gasteiger partial charge >= 0.3 is 0 Å². The molecule has 5 heteroatoms. The van der Waals surface area contributed by atoms with Crippen LogP contribution in [0.4, 0.5) is 0 Å². The van der Waals surface area contributed by atoms with Crippen molar-refractivity contribution in [1.29, 1.82) is 0 Å².